The van der Waals surface area contributed by atoms with E-state index in [2.05, 4.69) is 22.8 Å². The normalized spacial score (nSPS) is 11.1. The van der Waals surface area contributed by atoms with Gasteiger partial charge in [0.1, 0.15) is 18.3 Å². The van der Waals surface area contributed by atoms with Crippen molar-refractivity contribution in [2.24, 2.45) is 7.05 Å². The van der Waals surface area contributed by atoms with Gasteiger partial charge in [0.15, 0.2) is 0 Å². The summed E-state index contributed by atoms with van der Waals surface area (Å²) in [6.07, 6.45) is 4.07. The van der Waals surface area contributed by atoms with Crippen LogP contribution in [0.25, 0.3) is 27.7 Å². The second-order valence-corrected chi connectivity index (χ2v) is 6.41. The first-order valence-electron chi connectivity index (χ1n) is 8.58. The first kappa shape index (κ1) is 16.1. The SMILES string of the molecule is Cc1c(-c2c[n+](CCC#N)c3ccccn3c2=O)c2ccccc2n1C. The number of nitriles is 1. The highest BCUT2D eigenvalue weighted by atomic mass is 16.1. The Kier molecular flexibility index (Phi) is 3.81. The van der Waals surface area contributed by atoms with E-state index in [1.807, 2.05) is 55.1 Å². The third kappa shape index (κ3) is 2.31. The second kappa shape index (κ2) is 6.16. The van der Waals surface area contributed by atoms with Gasteiger partial charge in [-0.3, -0.25) is 0 Å². The third-order valence-electron chi connectivity index (χ3n) is 5.00. The molecule has 0 spiro atoms. The predicted molar refractivity (Wildman–Crippen MR) is 101 cm³/mol. The molecule has 128 valence electrons. The fraction of sp³-hybridized carbons (Fsp3) is 0.190. The van der Waals surface area contributed by atoms with E-state index < -0.39 is 0 Å². The molecule has 0 radical (unpaired) electrons. The van der Waals surface area contributed by atoms with Crippen LogP contribution in [0.4, 0.5) is 0 Å². The van der Waals surface area contributed by atoms with Gasteiger partial charge in [0.2, 0.25) is 0 Å². The zero-order valence-corrected chi connectivity index (χ0v) is 14.8. The van der Waals surface area contributed by atoms with Crippen molar-refractivity contribution in [3.8, 4) is 17.2 Å². The van der Waals surface area contributed by atoms with Gasteiger partial charge in [-0.15, -0.1) is 0 Å². The lowest BCUT2D eigenvalue weighted by atomic mass is 10.0. The molecule has 0 saturated heterocycles. The van der Waals surface area contributed by atoms with Crippen molar-refractivity contribution >= 4 is 16.6 Å². The number of hydrogen-bond donors (Lipinski definition) is 0. The van der Waals surface area contributed by atoms with Crippen molar-refractivity contribution in [2.75, 3.05) is 0 Å². The molecule has 0 bridgehead atoms. The van der Waals surface area contributed by atoms with Gasteiger partial charge in [-0.1, -0.05) is 24.3 Å². The van der Waals surface area contributed by atoms with Crippen molar-refractivity contribution in [3.63, 3.8) is 0 Å². The summed E-state index contributed by atoms with van der Waals surface area (Å²) in [5.41, 5.74) is 4.49. The van der Waals surface area contributed by atoms with E-state index in [9.17, 15) is 4.79 Å². The molecular formula is C21H19N4O+. The van der Waals surface area contributed by atoms with Crippen LogP contribution in [0.2, 0.25) is 0 Å². The minimum absolute atomic E-state index is 0.0479. The molecule has 0 aliphatic carbocycles. The molecule has 0 N–H and O–H groups in total. The number of fused-ring (bicyclic) bond motifs is 2. The van der Waals surface area contributed by atoms with Gasteiger partial charge in [-0.2, -0.15) is 9.66 Å². The molecule has 5 nitrogen and oxygen atoms in total. The van der Waals surface area contributed by atoms with Crippen LogP contribution < -0.4 is 10.1 Å². The van der Waals surface area contributed by atoms with E-state index in [0.29, 0.717) is 18.5 Å². The molecule has 4 aromatic rings. The number of hydrogen-bond acceptors (Lipinski definition) is 2. The Morgan fingerprint density at radius 1 is 1.15 bits per heavy atom. The number of aryl methyl sites for hydroxylation is 2. The quantitative estimate of drug-likeness (QED) is 0.537. The van der Waals surface area contributed by atoms with E-state index >= 15 is 0 Å². The molecule has 0 aliphatic rings. The van der Waals surface area contributed by atoms with Gasteiger partial charge in [0, 0.05) is 35.3 Å². The van der Waals surface area contributed by atoms with E-state index in [4.69, 9.17) is 5.26 Å². The van der Waals surface area contributed by atoms with Crippen LogP contribution in [-0.2, 0) is 13.6 Å². The molecular weight excluding hydrogens is 324 g/mol. The van der Waals surface area contributed by atoms with E-state index in [0.717, 1.165) is 27.8 Å². The van der Waals surface area contributed by atoms with Crippen LogP contribution in [0, 0.1) is 18.3 Å². The smallest absolute Gasteiger partial charge is 0.347 e. The highest BCUT2D eigenvalue weighted by Gasteiger charge is 2.22. The van der Waals surface area contributed by atoms with E-state index in [1.165, 1.54) is 0 Å². The minimum atomic E-state index is -0.0479. The molecule has 3 aromatic heterocycles. The van der Waals surface area contributed by atoms with Crippen molar-refractivity contribution in [1.82, 2.24) is 8.97 Å². The monoisotopic (exact) mass is 343 g/mol. The zero-order valence-electron chi connectivity index (χ0n) is 14.8. The van der Waals surface area contributed by atoms with E-state index in [1.54, 1.807) is 10.6 Å². The molecule has 0 atom stereocenters. The molecule has 26 heavy (non-hydrogen) atoms. The highest BCUT2D eigenvalue weighted by Crippen LogP contribution is 2.31. The minimum Gasteiger partial charge on any atom is -0.347 e. The molecule has 1 aromatic carbocycles. The molecule has 0 fully saturated rings. The first-order valence-corrected chi connectivity index (χ1v) is 8.58. The molecule has 0 unspecified atom stereocenters. The maximum Gasteiger partial charge on any atom is 0.350 e. The summed E-state index contributed by atoms with van der Waals surface area (Å²) in [6.45, 7) is 2.58. The Labute approximate surface area is 151 Å². The van der Waals surface area contributed by atoms with Gasteiger partial charge >= 0.3 is 5.56 Å². The molecule has 0 aliphatic heterocycles. The zero-order chi connectivity index (χ0) is 18.3. The van der Waals surface area contributed by atoms with E-state index in [-0.39, 0.29) is 5.56 Å². The number of para-hydroxylation sites is 1. The molecule has 0 saturated carbocycles. The van der Waals surface area contributed by atoms with Crippen molar-refractivity contribution in [3.05, 3.63) is 70.9 Å². The second-order valence-electron chi connectivity index (χ2n) is 6.41. The lowest BCUT2D eigenvalue weighted by Crippen LogP contribution is -2.40. The summed E-state index contributed by atoms with van der Waals surface area (Å²) >= 11 is 0. The Balaban J connectivity index is 2.11. The first-order chi connectivity index (χ1) is 12.6. The summed E-state index contributed by atoms with van der Waals surface area (Å²) in [5.74, 6) is 0. The summed E-state index contributed by atoms with van der Waals surface area (Å²) < 4.78 is 5.76. The Hall–Kier alpha value is -3.39. The van der Waals surface area contributed by atoms with Gasteiger partial charge in [0.05, 0.1) is 18.7 Å². The van der Waals surface area contributed by atoms with Gasteiger partial charge < -0.3 is 4.57 Å². The van der Waals surface area contributed by atoms with Gasteiger partial charge in [-0.25, -0.2) is 9.36 Å². The number of aromatic nitrogens is 3. The topological polar surface area (TPSA) is 54.1 Å². The van der Waals surface area contributed by atoms with Crippen molar-refractivity contribution in [1.29, 1.82) is 5.26 Å². The molecule has 4 rings (SSSR count). The van der Waals surface area contributed by atoms with Crippen LogP contribution in [0.5, 0.6) is 0 Å². The fourth-order valence-corrected chi connectivity index (χ4v) is 3.63. The number of pyridine rings is 1. The predicted octanol–water partition coefficient (Wildman–Crippen LogP) is 2.97. The largest absolute Gasteiger partial charge is 0.350 e. The summed E-state index contributed by atoms with van der Waals surface area (Å²) in [4.78, 5) is 13.2. The van der Waals surface area contributed by atoms with Crippen molar-refractivity contribution < 1.29 is 4.57 Å². The molecule has 5 heteroatoms. The average Bonchev–Trinajstić information content (AvgIpc) is 2.93. The Morgan fingerprint density at radius 2 is 1.92 bits per heavy atom. The van der Waals surface area contributed by atoms with Crippen LogP contribution >= 0.6 is 0 Å². The summed E-state index contributed by atoms with van der Waals surface area (Å²) in [7, 11) is 2.02. The summed E-state index contributed by atoms with van der Waals surface area (Å²) in [6, 6.07) is 16.0. The van der Waals surface area contributed by atoms with Crippen LogP contribution in [-0.4, -0.2) is 8.97 Å². The third-order valence-corrected chi connectivity index (χ3v) is 5.00. The maximum atomic E-state index is 13.2. The number of benzene rings is 1. The fourth-order valence-electron chi connectivity index (χ4n) is 3.63. The van der Waals surface area contributed by atoms with Gasteiger partial charge in [-0.05, 0) is 19.1 Å². The Morgan fingerprint density at radius 3 is 2.73 bits per heavy atom. The maximum absolute atomic E-state index is 13.2. The molecule has 0 amide bonds. The summed E-state index contributed by atoms with van der Waals surface area (Å²) in [5, 5.41) is 10.1. The van der Waals surface area contributed by atoms with Crippen LogP contribution in [0.15, 0.2) is 59.7 Å². The lowest BCUT2D eigenvalue weighted by Gasteiger charge is -2.06. The average molecular weight is 343 g/mol. The molecule has 3 heterocycles. The van der Waals surface area contributed by atoms with Crippen molar-refractivity contribution in [2.45, 2.75) is 19.9 Å². The lowest BCUT2D eigenvalue weighted by molar-refractivity contribution is -0.673. The van der Waals surface area contributed by atoms with Gasteiger partial charge in [0.25, 0.3) is 5.65 Å². The Bertz CT molecular complexity index is 1240. The highest BCUT2D eigenvalue weighted by molar-refractivity contribution is 5.97. The number of nitrogens with zero attached hydrogens (tertiary/aromatic N) is 4. The standard InChI is InChI=1S/C21H19N4O/c1-15-20(16-8-3-4-9-18(16)23(15)2)17-14-24(12-7-11-22)19-10-5-6-13-25(19)21(17)26/h3-6,8-10,13-14H,7,12H2,1-2H3/q+1. The number of rotatable bonds is 3. The van der Waals surface area contributed by atoms with Crippen LogP contribution in [0.3, 0.4) is 0 Å². The van der Waals surface area contributed by atoms with Crippen LogP contribution in [0.1, 0.15) is 12.1 Å².